The topological polar surface area (TPSA) is 34.4 Å². The van der Waals surface area contributed by atoms with Gasteiger partial charge in [0.1, 0.15) is 17.2 Å². The summed E-state index contributed by atoms with van der Waals surface area (Å²) in [6, 6.07) is 8.66. The van der Waals surface area contributed by atoms with E-state index in [0.717, 1.165) is 28.8 Å². The molecule has 0 saturated heterocycles. The highest BCUT2D eigenvalue weighted by Crippen LogP contribution is 2.22. The first kappa shape index (κ1) is 16.8. The molecule has 0 aliphatic heterocycles. The van der Waals surface area contributed by atoms with Crippen molar-refractivity contribution in [2.24, 2.45) is 4.99 Å². The van der Waals surface area contributed by atoms with Crippen molar-refractivity contribution in [3.05, 3.63) is 63.4 Å². The van der Waals surface area contributed by atoms with Crippen LogP contribution in [0.3, 0.4) is 0 Å². The number of carbonyl (C=O) groups is 1. The van der Waals surface area contributed by atoms with Crippen LogP contribution in [-0.4, -0.2) is 10.5 Å². The van der Waals surface area contributed by atoms with Crippen molar-refractivity contribution in [3.8, 4) is 0 Å². The molecule has 0 aliphatic rings. The first-order valence-corrected chi connectivity index (χ1v) is 8.52. The van der Waals surface area contributed by atoms with Crippen molar-refractivity contribution < 1.29 is 13.6 Å². The fourth-order valence-electron chi connectivity index (χ4n) is 2.42. The standard InChI is InChI=1S/C17H13ClF2N2OS/c1-2-8-22-13-7-6-10(18)9-14(13)24-17(22)21-16(23)15-11(19)4-3-5-12(15)20/h3-7,9H,2,8H2,1H3. The molecule has 0 bridgehead atoms. The van der Waals surface area contributed by atoms with E-state index in [1.807, 2.05) is 17.6 Å². The number of nitrogens with zero attached hydrogens (tertiary/aromatic N) is 2. The molecular weight excluding hydrogens is 354 g/mol. The summed E-state index contributed by atoms with van der Waals surface area (Å²) in [6.45, 7) is 2.63. The number of aromatic nitrogens is 1. The molecule has 1 heterocycles. The van der Waals surface area contributed by atoms with E-state index in [4.69, 9.17) is 11.6 Å². The Morgan fingerprint density at radius 3 is 2.62 bits per heavy atom. The number of thiazole rings is 1. The number of benzene rings is 2. The first-order chi connectivity index (χ1) is 11.5. The Balaban J connectivity index is 2.19. The van der Waals surface area contributed by atoms with E-state index in [2.05, 4.69) is 4.99 Å². The smallest absolute Gasteiger partial charge is 0.285 e. The number of aryl methyl sites for hydroxylation is 1. The van der Waals surface area contributed by atoms with Gasteiger partial charge in [0.15, 0.2) is 4.80 Å². The lowest BCUT2D eigenvalue weighted by Gasteiger charge is -2.03. The largest absolute Gasteiger partial charge is 0.316 e. The van der Waals surface area contributed by atoms with Gasteiger partial charge in [-0.25, -0.2) is 8.78 Å². The highest BCUT2D eigenvalue weighted by Gasteiger charge is 2.17. The summed E-state index contributed by atoms with van der Waals surface area (Å²) in [5.74, 6) is -2.78. The third-order valence-electron chi connectivity index (χ3n) is 3.47. The number of carbonyl (C=O) groups excluding carboxylic acids is 1. The van der Waals surface area contributed by atoms with Gasteiger partial charge in [0.2, 0.25) is 0 Å². The van der Waals surface area contributed by atoms with Crippen LogP contribution in [0, 0.1) is 11.6 Å². The van der Waals surface area contributed by atoms with Gasteiger partial charge in [-0.3, -0.25) is 4.79 Å². The Hall–Kier alpha value is -2.05. The zero-order chi connectivity index (χ0) is 17.3. The van der Waals surface area contributed by atoms with Crippen LogP contribution >= 0.6 is 22.9 Å². The summed E-state index contributed by atoms with van der Waals surface area (Å²) in [5.41, 5.74) is 0.239. The fraction of sp³-hybridized carbons (Fsp3) is 0.176. The van der Waals surface area contributed by atoms with Crippen molar-refractivity contribution in [2.75, 3.05) is 0 Å². The Bertz CT molecular complexity index is 974. The normalized spacial score (nSPS) is 12.1. The molecule has 1 aromatic heterocycles. The SMILES string of the molecule is CCCn1c(=NC(=O)c2c(F)cccc2F)sc2cc(Cl)ccc21. The molecule has 3 aromatic rings. The molecule has 0 radical (unpaired) electrons. The summed E-state index contributed by atoms with van der Waals surface area (Å²) in [7, 11) is 0. The summed E-state index contributed by atoms with van der Waals surface area (Å²) in [5, 5.41) is 0.574. The first-order valence-electron chi connectivity index (χ1n) is 7.33. The third kappa shape index (κ3) is 3.12. The Kier molecular flexibility index (Phi) is 4.78. The Morgan fingerprint density at radius 1 is 1.25 bits per heavy atom. The lowest BCUT2D eigenvalue weighted by atomic mass is 10.2. The molecule has 0 saturated carbocycles. The van der Waals surface area contributed by atoms with E-state index >= 15 is 0 Å². The molecule has 0 fully saturated rings. The molecule has 0 atom stereocenters. The number of hydrogen-bond donors (Lipinski definition) is 0. The Labute approximate surface area is 145 Å². The van der Waals surface area contributed by atoms with Gasteiger partial charge < -0.3 is 4.57 Å². The molecule has 3 rings (SSSR count). The van der Waals surface area contributed by atoms with E-state index in [-0.39, 0.29) is 0 Å². The zero-order valence-electron chi connectivity index (χ0n) is 12.7. The molecule has 1 amide bonds. The molecule has 0 unspecified atom stereocenters. The second kappa shape index (κ2) is 6.83. The zero-order valence-corrected chi connectivity index (χ0v) is 14.3. The maximum atomic E-state index is 13.8. The predicted molar refractivity (Wildman–Crippen MR) is 91.4 cm³/mol. The molecule has 7 heteroatoms. The van der Waals surface area contributed by atoms with Gasteiger partial charge >= 0.3 is 0 Å². The molecule has 0 aliphatic carbocycles. The maximum absolute atomic E-state index is 13.8. The van der Waals surface area contributed by atoms with Crippen LogP contribution < -0.4 is 4.80 Å². The second-order valence-electron chi connectivity index (χ2n) is 5.16. The molecule has 3 nitrogen and oxygen atoms in total. The number of halogens is 3. The summed E-state index contributed by atoms with van der Waals surface area (Å²) < 4.78 is 30.2. The van der Waals surface area contributed by atoms with Crippen LogP contribution in [-0.2, 0) is 6.54 Å². The molecule has 124 valence electrons. The summed E-state index contributed by atoms with van der Waals surface area (Å²) >= 11 is 7.26. The fourth-order valence-corrected chi connectivity index (χ4v) is 3.75. The van der Waals surface area contributed by atoms with Gasteiger partial charge in [0.05, 0.1) is 10.2 Å². The molecular formula is C17H13ClF2N2OS. The van der Waals surface area contributed by atoms with Crippen LogP contribution in [0.4, 0.5) is 8.78 Å². The summed E-state index contributed by atoms with van der Waals surface area (Å²) in [6.07, 6.45) is 0.823. The van der Waals surface area contributed by atoms with Crippen LogP contribution in [0.2, 0.25) is 5.02 Å². The van der Waals surface area contributed by atoms with Gasteiger partial charge in [-0.2, -0.15) is 4.99 Å². The predicted octanol–water partition coefficient (Wildman–Crippen LogP) is 4.79. The molecule has 24 heavy (non-hydrogen) atoms. The van der Waals surface area contributed by atoms with Gasteiger partial charge in [0, 0.05) is 11.6 Å². The molecule has 2 aromatic carbocycles. The van der Waals surface area contributed by atoms with Crippen molar-refractivity contribution in [2.45, 2.75) is 19.9 Å². The summed E-state index contributed by atoms with van der Waals surface area (Å²) in [4.78, 5) is 16.6. The van der Waals surface area contributed by atoms with E-state index < -0.39 is 23.1 Å². The second-order valence-corrected chi connectivity index (χ2v) is 6.61. The third-order valence-corrected chi connectivity index (χ3v) is 4.74. The number of hydrogen-bond acceptors (Lipinski definition) is 2. The van der Waals surface area contributed by atoms with E-state index in [0.29, 0.717) is 16.4 Å². The van der Waals surface area contributed by atoms with Crippen molar-refractivity contribution in [3.63, 3.8) is 0 Å². The van der Waals surface area contributed by atoms with E-state index in [9.17, 15) is 13.6 Å². The lowest BCUT2D eigenvalue weighted by molar-refractivity contribution is 0.0990. The van der Waals surface area contributed by atoms with Crippen LogP contribution in [0.15, 0.2) is 41.4 Å². The van der Waals surface area contributed by atoms with E-state index in [1.54, 1.807) is 12.1 Å². The minimum absolute atomic E-state index is 0.391. The number of fused-ring (bicyclic) bond motifs is 1. The number of amides is 1. The minimum atomic E-state index is -0.937. The molecule has 0 spiro atoms. The van der Waals surface area contributed by atoms with Gasteiger partial charge in [-0.05, 0) is 36.8 Å². The highest BCUT2D eigenvalue weighted by molar-refractivity contribution is 7.16. The van der Waals surface area contributed by atoms with E-state index in [1.165, 1.54) is 17.4 Å². The van der Waals surface area contributed by atoms with Crippen LogP contribution in [0.5, 0.6) is 0 Å². The quantitative estimate of drug-likeness (QED) is 0.656. The van der Waals surface area contributed by atoms with Gasteiger partial charge in [-0.1, -0.05) is 35.9 Å². The Morgan fingerprint density at radius 2 is 1.96 bits per heavy atom. The average Bonchev–Trinajstić information content (AvgIpc) is 2.84. The lowest BCUT2D eigenvalue weighted by Crippen LogP contribution is -2.17. The maximum Gasteiger partial charge on any atom is 0.285 e. The molecule has 0 N–H and O–H groups in total. The van der Waals surface area contributed by atoms with Crippen molar-refractivity contribution in [1.29, 1.82) is 0 Å². The monoisotopic (exact) mass is 366 g/mol. The van der Waals surface area contributed by atoms with Crippen molar-refractivity contribution in [1.82, 2.24) is 4.57 Å². The van der Waals surface area contributed by atoms with Crippen LogP contribution in [0.1, 0.15) is 23.7 Å². The van der Waals surface area contributed by atoms with Crippen molar-refractivity contribution >= 4 is 39.1 Å². The van der Waals surface area contributed by atoms with Crippen LogP contribution in [0.25, 0.3) is 10.2 Å². The van der Waals surface area contributed by atoms with Gasteiger partial charge in [0.25, 0.3) is 5.91 Å². The highest BCUT2D eigenvalue weighted by atomic mass is 35.5. The number of rotatable bonds is 3. The van der Waals surface area contributed by atoms with Gasteiger partial charge in [-0.15, -0.1) is 0 Å². The average molecular weight is 367 g/mol. The minimum Gasteiger partial charge on any atom is -0.316 e.